The Morgan fingerprint density at radius 1 is 1.15 bits per heavy atom. The number of benzene rings is 1. The van der Waals surface area contributed by atoms with Gasteiger partial charge in [0.05, 0.1) is 0 Å². The highest BCUT2D eigenvalue weighted by molar-refractivity contribution is 5.96. The summed E-state index contributed by atoms with van der Waals surface area (Å²) < 4.78 is 19.3. The number of halogens is 1. The molecule has 2 aliphatic rings. The van der Waals surface area contributed by atoms with Crippen molar-refractivity contribution in [3.05, 3.63) is 29.8 Å². The number of anilines is 1. The van der Waals surface area contributed by atoms with Crippen LogP contribution in [0.1, 0.15) is 57.9 Å². The van der Waals surface area contributed by atoms with Crippen LogP contribution in [0.4, 0.5) is 14.9 Å². The number of likely N-dealkylation sites (tertiary alicyclic amines) is 1. The molecule has 1 heterocycles. The molecule has 6 heteroatoms. The standard InChI is InChI=1S/C20H27FN2O3/c1-20(2,3)26-19(25)23-11-10-15(21)12-17(23)18(24)22-16-8-6-14(7-9-16)13-4-5-13/h6-9,13,15,17H,4-5,10-12H2,1-3H3,(H,22,24)/t15-,17-/m1/s1. The molecule has 0 aromatic heterocycles. The van der Waals surface area contributed by atoms with Crippen LogP contribution < -0.4 is 5.32 Å². The number of piperidine rings is 1. The summed E-state index contributed by atoms with van der Waals surface area (Å²) in [6.45, 7) is 5.48. The van der Waals surface area contributed by atoms with Gasteiger partial charge < -0.3 is 10.1 Å². The minimum atomic E-state index is -1.10. The van der Waals surface area contributed by atoms with Crippen LogP contribution >= 0.6 is 0 Å². The number of hydrogen-bond acceptors (Lipinski definition) is 3. The van der Waals surface area contributed by atoms with Gasteiger partial charge in [0.15, 0.2) is 0 Å². The molecule has 1 aliphatic heterocycles. The molecule has 0 unspecified atom stereocenters. The van der Waals surface area contributed by atoms with Crippen LogP contribution in [0.15, 0.2) is 24.3 Å². The first kappa shape index (κ1) is 18.7. The minimum absolute atomic E-state index is 0.00870. The molecular weight excluding hydrogens is 335 g/mol. The molecule has 1 saturated carbocycles. The van der Waals surface area contributed by atoms with Gasteiger partial charge in [-0.05, 0) is 63.6 Å². The average Bonchev–Trinajstić information content (AvgIpc) is 3.38. The fourth-order valence-electron chi connectivity index (χ4n) is 3.19. The zero-order valence-electron chi connectivity index (χ0n) is 15.6. The summed E-state index contributed by atoms with van der Waals surface area (Å²) in [5, 5.41) is 2.81. The van der Waals surface area contributed by atoms with E-state index < -0.39 is 23.9 Å². The largest absolute Gasteiger partial charge is 0.444 e. The summed E-state index contributed by atoms with van der Waals surface area (Å²) >= 11 is 0. The topological polar surface area (TPSA) is 58.6 Å². The average molecular weight is 362 g/mol. The predicted molar refractivity (Wildman–Crippen MR) is 97.9 cm³/mol. The van der Waals surface area contributed by atoms with Crippen LogP contribution in [0.5, 0.6) is 0 Å². The van der Waals surface area contributed by atoms with Crippen LogP contribution in [0.25, 0.3) is 0 Å². The van der Waals surface area contributed by atoms with Crippen molar-refractivity contribution in [1.29, 1.82) is 0 Å². The van der Waals surface area contributed by atoms with Crippen molar-refractivity contribution in [3.8, 4) is 0 Å². The zero-order chi connectivity index (χ0) is 18.9. The van der Waals surface area contributed by atoms with Crippen molar-refractivity contribution < 1.29 is 18.7 Å². The van der Waals surface area contributed by atoms with Crippen LogP contribution in [0, 0.1) is 0 Å². The lowest BCUT2D eigenvalue weighted by Crippen LogP contribution is -2.53. The van der Waals surface area contributed by atoms with Crippen molar-refractivity contribution in [3.63, 3.8) is 0 Å². The maximum atomic E-state index is 13.9. The van der Waals surface area contributed by atoms with E-state index in [0.29, 0.717) is 11.6 Å². The molecule has 1 aliphatic carbocycles. The minimum Gasteiger partial charge on any atom is -0.444 e. The van der Waals surface area contributed by atoms with E-state index in [0.717, 1.165) is 0 Å². The van der Waals surface area contributed by atoms with Crippen LogP contribution in [0.3, 0.4) is 0 Å². The van der Waals surface area contributed by atoms with Gasteiger partial charge in [-0.3, -0.25) is 9.69 Å². The molecule has 2 atom stereocenters. The molecule has 2 amide bonds. The molecule has 0 spiro atoms. The highest BCUT2D eigenvalue weighted by Gasteiger charge is 2.38. The molecule has 1 aromatic rings. The van der Waals surface area contributed by atoms with Gasteiger partial charge in [0.25, 0.3) is 0 Å². The number of carbonyl (C=O) groups excluding carboxylic acids is 2. The number of nitrogens with one attached hydrogen (secondary N) is 1. The molecule has 1 saturated heterocycles. The van der Waals surface area contributed by atoms with Crippen LogP contribution in [0.2, 0.25) is 0 Å². The van der Waals surface area contributed by atoms with Crippen molar-refractivity contribution in [2.24, 2.45) is 0 Å². The summed E-state index contributed by atoms with van der Waals surface area (Å²) in [5.41, 5.74) is 1.27. The van der Waals surface area contributed by atoms with E-state index in [4.69, 9.17) is 4.74 Å². The Hall–Kier alpha value is -2.11. The molecule has 3 rings (SSSR count). The SMILES string of the molecule is CC(C)(C)OC(=O)N1CC[C@@H](F)C[C@@H]1C(=O)Nc1ccc(C2CC2)cc1. The lowest BCUT2D eigenvalue weighted by molar-refractivity contribution is -0.123. The number of alkyl halides is 1. The van der Waals surface area contributed by atoms with Gasteiger partial charge in [-0.25, -0.2) is 9.18 Å². The maximum absolute atomic E-state index is 13.9. The third kappa shape index (κ3) is 4.74. The first-order valence-electron chi connectivity index (χ1n) is 9.27. The molecule has 1 aromatic carbocycles. The van der Waals surface area contributed by atoms with Gasteiger partial charge in [-0.1, -0.05) is 12.1 Å². The number of carbonyl (C=O) groups is 2. The second kappa shape index (κ2) is 7.25. The Bertz CT molecular complexity index is 665. The molecule has 5 nitrogen and oxygen atoms in total. The summed E-state index contributed by atoms with van der Waals surface area (Å²) in [7, 11) is 0. The number of hydrogen-bond donors (Lipinski definition) is 1. The number of amides is 2. The van der Waals surface area contributed by atoms with Gasteiger partial charge >= 0.3 is 6.09 Å². The van der Waals surface area contributed by atoms with Crippen molar-refractivity contribution >= 4 is 17.7 Å². The molecule has 26 heavy (non-hydrogen) atoms. The lowest BCUT2D eigenvalue weighted by atomic mass is 10.00. The van der Waals surface area contributed by atoms with E-state index in [9.17, 15) is 14.0 Å². The van der Waals surface area contributed by atoms with Gasteiger partial charge in [0, 0.05) is 18.7 Å². The first-order chi connectivity index (χ1) is 12.2. The van der Waals surface area contributed by atoms with Gasteiger partial charge in [0.1, 0.15) is 17.8 Å². The van der Waals surface area contributed by atoms with E-state index in [1.54, 1.807) is 20.8 Å². The predicted octanol–water partition coefficient (Wildman–Crippen LogP) is 4.24. The monoisotopic (exact) mass is 362 g/mol. The summed E-state index contributed by atoms with van der Waals surface area (Å²) in [4.78, 5) is 26.5. The Morgan fingerprint density at radius 3 is 2.38 bits per heavy atom. The number of ether oxygens (including phenoxy) is 1. The third-order valence-electron chi connectivity index (χ3n) is 4.70. The van der Waals surface area contributed by atoms with E-state index >= 15 is 0 Å². The molecular formula is C20H27FN2O3. The number of nitrogens with zero attached hydrogens (tertiary/aromatic N) is 1. The molecule has 0 radical (unpaired) electrons. The van der Waals surface area contributed by atoms with E-state index in [-0.39, 0.29) is 25.3 Å². The Morgan fingerprint density at radius 2 is 1.81 bits per heavy atom. The highest BCUT2D eigenvalue weighted by Crippen LogP contribution is 2.40. The van der Waals surface area contributed by atoms with Gasteiger partial charge in [-0.15, -0.1) is 0 Å². The summed E-state index contributed by atoms with van der Waals surface area (Å²) in [6.07, 6.45) is 0.979. The van der Waals surface area contributed by atoms with Gasteiger partial charge in [-0.2, -0.15) is 0 Å². The van der Waals surface area contributed by atoms with E-state index in [2.05, 4.69) is 5.32 Å². The Labute approximate surface area is 153 Å². The van der Waals surface area contributed by atoms with E-state index in [1.165, 1.54) is 23.3 Å². The quantitative estimate of drug-likeness (QED) is 0.875. The van der Waals surface area contributed by atoms with Crippen molar-refractivity contribution in [2.75, 3.05) is 11.9 Å². The maximum Gasteiger partial charge on any atom is 0.410 e. The first-order valence-corrected chi connectivity index (χ1v) is 9.27. The smallest absolute Gasteiger partial charge is 0.410 e. The van der Waals surface area contributed by atoms with Gasteiger partial charge in [0.2, 0.25) is 5.91 Å². The third-order valence-corrected chi connectivity index (χ3v) is 4.70. The second-order valence-corrected chi connectivity index (χ2v) is 8.20. The fraction of sp³-hybridized carbons (Fsp3) is 0.600. The fourth-order valence-corrected chi connectivity index (χ4v) is 3.19. The normalized spacial score (nSPS) is 23.5. The van der Waals surface area contributed by atoms with Crippen LogP contribution in [-0.4, -0.2) is 41.3 Å². The summed E-state index contributed by atoms with van der Waals surface area (Å²) in [5.74, 6) is 0.269. The Balaban J connectivity index is 1.67. The lowest BCUT2D eigenvalue weighted by Gasteiger charge is -2.37. The van der Waals surface area contributed by atoms with Crippen LogP contribution in [-0.2, 0) is 9.53 Å². The highest BCUT2D eigenvalue weighted by atomic mass is 19.1. The zero-order valence-corrected chi connectivity index (χ0v) is 15.6. The Kier molecular flexibility index (Phi) is 5.21. The van der Waals surface area contributed by atoms with Crippen molar-refractivity contribution in [2.45, 2.75) is 70.2 Å². The van der Waals surface area contributed by atoms with E-state index in [1.807, 2.05) is 24.3 Å². The molecule has 142 valence electrons. The molecule has 1 N–H and O–H groups in total. The second-order valence-electron chi connectivity index (χ2n) is 8.20. The summed E-state index contributed by atoms with van der Waals surface area (Å²) in [6, 6.07) is 6.88. The molecule has 0 bridgehead atoms. The van der Waals surface area contributed by atoms with Crippen molar-refractivity contribution in [1.82, 2.24) is 4.90 Å². The molecule has 2 fully saturated rings. The number of rotatable bonds is 3.